The molecule has 0 spiro atoms. The molecular formula is C17H13F5N2O3S. The van der Waals surface area contributed by atoms with Gasteiger partial charge in [0.2, 0.25) is 5.82 Å². The molecule has 2 aromatic rings. The lowest BCUT2D eigenvalue weighted by molar-refractivity contribution is 0.0831. The van der Waals surface area contributed by atoms with Crippen LogP contribution in [0.2, 0.25) is 0 Å². The van der Waals surface area contributed by atoms with Crippen molar-refractivity contribution in [2.45, 2.75) is 26.4 Å². The van der Waals surface area contributed by atoms with Crippen LogP contribution in [-0.2, 0) is 16.8 Å². The van der Waals surface area contributed by atoms with E-state index in [4.69, 9.17) is 0 Å². The number of carbonyl (C=O) groups is 1. The Morgan fingerprint density at radius 3 is 1.93 bits per heavy atom. The zero-order chi connectivity index (χ0) is 21.0. The van der Waals surface area contributed by atoms with Crippen LogP contribution >= 0.6 is 0 Å². The maximum atomic E-state index is 14.1. The third-order valence-corrected chi connectivity index (χ3v) is 6.17. The molecular weight excluding hydrogens is 407 g/mol. The smallest absolute Gasteiger partial charge is 0.268 e. The van der Waals surface area contributed by atoms with Gasteiger partial charge < -0.3 is 0 Å². The van der Waals surface area contributed by atoms with Crippen LogP contribution in [0.1, 0.15) is 29.8 Å². The Morgan fingerprint density at radius 2 is 1.39 bits per heavy atom. The third-order valence-electron chi connectivity index (χ3n) is 4.20. The van der Waals surface area contributed by atoms with E-state index in [1.54, 1.807) is 0 Å². The molecule has 1 amide bonds. The number of hydrogen-bond donors (Lipinski definition) is 0. The first-order valence-electron chi connectivity index (χ1n) is 7.95. The van der Waals surface area contributed by atoms with Crippen molar-refractivity contribution in [3.8, 4) is 0 Å². The predicted octanol–water partition coefficient (Wildman–Crippen LogP) is 3.50. The summed E-state index contributed by atoms with van der Waals surface area (Å²) in [6.07, 6.45) is 0. The number of nitrogens with zero attached hydrogens (tertiary/aromatic N) is 2. The first-order valence-corrected chi connectivity index (χ1v) is 9.35. The van der Waals surface area contributed by atoms with Crippen molar-refractivity contribution in [3.05, 3.63) is 64.5 Å². The summed E-state index contributed by atoms with van der Waals surface area (Å²) in [5.74, 6) is -11.9. The lowest BCUT2D eigenvalue weighted by Gasteiger charge is -2.38. The van der Waals surface area contributed by atoms with E-state index in [9.17, 15) is 35.2 Å². The maximum absolute atomic E-state index is 14.1. The second kappa shape index (κ2) is 6.73. The Balaban J connectivity index is 2.25. The summed E-state index contributed by atoms with van der Waals surface area (Å²) in [6, 6.07) is 4.47. The number of halogens is 5. The van der Waals surface area contributed by atoms with Gasteiger partial charge in [0.15, 0.2) is 23.3 Å². The van der Waals surface area contributed by atoms with Crippen molar-refractivity contribution >= 4 is 21.8 Å². The molecule has 2 aromatic carbocycles. The summed E-state index contributed by atoms with van der Waals surface area (Å²) < 4.78 is 95.3. The van der Waals surface area contributed by atoms with E-state index in [1.165, 1.54) is 38.1 Å². The molecule has 1 aliphatic heterocycles. The fraction of sp³-hybridized carbons (Fsp3) is 0.235. The van der Waals surface area contributed by atoms with Crippen molar-refractivity contribution < 1.29 is 35.2 Å². The van der Waals surface area contributed by atoms with Crippen LogP contribution in [-0.4, -0.2) is 24.7 Å². The Bertz CT molecular complexity index is 1060. The minimum atomic E-state index is -4.65. The van der Waals surface area contributed by atoms with Gasteiger partial charge in [-0.1, -0.05) is 12.1 Å². The second-order valence-electron chi connectivity index (χ2n) is 6.27. The molecule has 28 heavy (non-hydrogen) atoms. The maximum Gasteiger partial charge on any atom is 0.329 e. The van der Waals surface area contributed by atoms with E-state index in [2.05, 4.69) is 0 Å². The summed E-state index contributed by atoms with van der Waals surface area (Å²) in [5, 5.41) is 0. The molecule has 0 bridgehead atoms. The highest BCUT2D eigenvalue weighted by molar-refractivity contribution is 7.91. The SMILES string of the molecule is CC(C)N1C(=O)c2ccccc2N(Cc2c(F)c(F)c(F)c(F)c2F)S1(=O)=O. The van der Waals surface area contributed by atoms with E-state index in [0.717, 1.165) is 0 Å². The fourth-order valence-electron chi connectivity index (χ4n) is 2.93. The van der Waals surface area contributed by atoms with Crippen LogP contribution in [0.5, 0.6) is 0 Å². The highest BCUT2D eigenvalue weighted by atomic mass is 32.2. The molecule has 0 aromatic heterocycles. The molecule has 0 saturated heterocycles. The lowest BCUT2D eigenvalue weighted by Crippen LogP contribution is -2.53. The molecule has 1 heterocycles. The van der Waals surface area contributed by atoms with Crippen LogP contribution in [0, 0.1) is 29.1 Å². The molecule has 0 saturated carbocycles. The van der Waals surface area contributed by atoms with Gasteiger partial charge in [-0.3, -0.25) is 4.79 Å². The molecule has 0 fully saturated rings. The molecule has 1 aliphatic rings. The second-order valence-corrected chi connectivity index (χ2v) is 8.00. The number of carbonyl (C=O) groups excluding carboxylic acids is 1. The van der Waals surface area contributed by atoms with Gasteiger partial charge in [0.1, 0.15) is 0 Å². The minimum Gasteiger partial charge on any atom is -0.268 e. The fourth-order valence-corrected chi connectivity index (χ4v) is 4.68. The molecule has 0 unspecified atom stereocenters. The molecule has 3 rings (SSSR count). The van der Waals surface area contributed by atoms with Gasteiger partial charge in [-0.15, -0.1) is 0 Å². The Labute approximate surface area is 157 Å². The zero-order valence-electron chi connectivity index (χ0n) is 14.5. The summed E-state index contributed by atoms with van der Waals surface area (Å²) in [4.78, 5) is 12.6. The molecule has 0 radical (unpaired) electrons. The average Bonchev–Trinajstić information content (AvgIpc) is 2.63. The number of rotatable bonds is 3. The number of amides is 1. The zero-order valence-corrected chi connectivity index (χ0v) is 15.3. The quantitative estimate of drug-likeness (QED) is 0.434. The van der Waals surface area contributed by atoms with Crippen molar-refractivity contribution in [1.82, 2.24) is 4.31 Å². The number of anilines is 1. The minimum absolute atomic E-state index is 0.0881. The van der Waals surface area contributed by atoms with Gasteiger partial charge in [0.25, 0.3) is 5.91 Å². The van der Waals surface area contributed by atoms with E-state index < -0.39 is 63.4 Å². The van der Waals surface area contributed by atoms with Gasteiger partial charge >= 0.3 is 10.2 Å². The topological polar surface area (TPSA) is 57.7 Å². The number of benzene rings is 2. The van der Waals surface area contributed by atoms with E-state index in [1.807, 2.05) is 0 Å². The number of para-hydroxylation sites is 1. The van der Waals surface area contributed by atoms with Gasteiger partial charge in [-0.25, -0.2) is 30.6 Å². The average molecular weight is 420 g/mol. The van der Waals surface area contributed by atoms with Crippen LogP contribution in [0.4, 0.5) is 27.6 Å². The van der Waals surface area contributed by atoms with E-state index in [0.29, 0.717) is 8.61 Å². The highest BCUT2D eigenvalue weighted by Gasteiger charge is 2.44. The van der Waals surface area contributed by atoms with Gasteiger partial charge in [0.05, 0.1) is 23.4 Å². The number of hydrogen-bond acceptors (Lipinski definition) is 3. The Morgan fingerprint density at radius 1 is 0.893 bits per heavy atom. The van der Waals surface area contributed by atoms with Gasteiger partial charge in [-0.2, -0.15) is 8.42 Å². The van der Waals surface area contributed by atoms with Crippen LogP contribution in [0.3, 0.4) is 0 Å². The first-order chi connectivity index (χ1) is 13.0. The van der Waals surface area contributed by atoms with Gasteiger partial charge in [0, 0.05) is 6.04 Å². The van der Waals surface area contributed by atoms with Crippen molar-refractivity contribution in [2.24, 2.45) is 0 Å². The molecule has 150 valence electrons. The first kappa shape index (κ1) is 20.1. The molecule has 5 nitrogen and oxygen atoms in total. The largest absolute Gasteiger partial charge is 0.329 e. The van der Waals surface area contributed by atoms with Crippen molar-refractivity contribution in [1.29, 1.82) is 0 Å². The number of fused-ring (bicyclic) bond motifs is 1. The molecule has 0 aliphatic carbocycles. The van der Waals surface area contributed by atoms with Crippen LogP contribution in [0.15, 0.2) is 24.3 Å². The lowest BCUT2D eigenvalue weighted by atomic mass is 10.1. The van der Waals surface area contributed by atoms with E-state index in [-0.39, 0.29) is 11.3 Å². The molecule has 0 N–H and O–H groups in total. The summed E-state index contributed by atoms with van der Waals surface area (Å²) >= 11 is 0. The molecule has 11 heteroatoms. The van der Waals surface area contributed by atoms with Crippen LogP contribution < -0.4 is 4.31 Å². The van der Waals surface area contributed by atoms with E-state index >= 15 is 0 Å². The van der Waals surface area contributed by atoms with Crippen molar-refractivity contribution in [2.75, 3.05) is 4.31 Å². The predicted molar refractivity (Wildman–Crippen MR) is 89.1 cm³/mol. The Kier molecular flexibility index (Phi) is 4.82. The summed E-state index contributed by atoms with van der Waals surface area (Å²) in [7, 11) is -4.65. The van der Waals surface area contributed by atoms with Crippen LogP contribution in [0.25, 0.3) is 0 Å². The standard InChI is InChI=1S/C17H13F5N2O3S/c1-8(2)24-17(25)9-5-3-4-6-11(9)23(28(24,26)27)7-10-12(18)14(20)16(22)15(21)13(10)19/h3-6,8H,7H2,1-2H3. The monoisotopic (exact) mass is 420 g/mol. The molecule has 0 atom stereocenters. The van der Waals surface area contributed by atoms with Gasteiger partial charge in [-0.05, 0) is 26.0 Å². The van der Waals surface area contributed by atoms with Crippen molar-refractivity contribution in [3.63, 3.8) is 0 Å². The summed E-state index contributed by atoms with van der Waals surface area (Å²) in [6.45, 7) is 1.61. The normalized spacial score (nSPS) is 15.9. The summed E-state index contributed by atoms with van der Waals surface area (Å²) in [5.41, 5.74) is -1.64. The Hall–Kier alpha value is -2.69. The third kappa shape index (κ3) is 2.81. The highest BCUT2D eigenvalue weighted by Crippen LogP contribution is 2.36.